The highest BCUT2D eigenvalue weighted by Gasteiger charge is 2.34. The minimum Gasteiger partial charge on any atom is -0.367 e. The van der Waals surface area contributed by atoms with Crippen molar-refractivity contribution < 1.29 is 9.59 Å². The first-order valence-corrected chi connectivity index (χ1v) is 8.54. The molecule has 0 aromatic heterocycles. The fourth-order valence-corrected chi connectivity index (χ4v) is 3.15. The number of aryl methyl sites for hydroxylation is 1. The van der Waals surface area contributed by atoms with Crippen molar-refractivity contribution in [1.82, 2.24) is 4.90 Å². The van der Waals surface area contributed by atoms with E-state index in [1.807, 2.05) is 31.2 Å². The van der Waals surface area contributed by atoms with Gasteiger partial charge in [-0.05, 0) is 54.6 Å². The van der Waals surface area contributed by atoms with Crippen molar-refractivity contribution in [3.63, 3.8) is 0 Å². The molecule has 0 bridgehead atoms. The lowest BCUT2D eigenvalue weighted by atomic mass is 10.1. The van der Waals surface area contributed by atoms with E-state index in [1.165, 1.54) is 4.90 Å². The van der Waals surface area contributed by atoms with Crippen LogP contribution in [0, 0.1) is 6.92 Å². The maximum absolute atomic E-state index is 12.4. The fraction of sp³-hybridized carbons (Fsp3) is 0.111. The van der Waals surface area contributed by atoms with E-state index >= 15 is 0 Å². The van der Waals surface area contributed by atoms with Crippen molar-refractivity contribution in [1.29, 1.82) is 0 Å². The van der Waals surface area contributed by atoms with E-state index in [0.29, 0.717) is 9.93 Å². The van der Waals surface area contributed by atoms with Gasteiger partial charge in [0.05, 0.1) is 11.6 Å². The minimum absolute atomic E-state index is 0.123. The van der Waals surface area contributed by atoms with Gasteiger partial charge < -0.3 is 5.32 Å². The summed E-state index contributed by atoms with van der Waals surface area (Å²) in [7, 11) is 0. The standard InChI is InChI=1S/C18H15ClN2O2S/c1-12-2-4-13(5-3-12)10-16-17(22)21(18(23)24-16)11-20-15-8-6-14(19)7-9-15/h2-10,20H,11H2,1H3/b16-10-. The largest absolute Gasteiger partial charge is 0.367 e. The normalized spacial score (nSPS) is 16.1. The molecule has 1 fully saturated rings. The Morgan fingerprint density at radius 2 is 1.75 bits per heavy atom. The predicted octanol–water partition coefficient (Wildman–Crippen LogP) is 4.75. The van der Waals surface area contributed by atoms with Gasteiger partial charge in [0.15, 0.2) is 0 Å². The van der Waals surface area contributed by atoms with Crippen LogP contribution in [0.5, 0.6) is 0 Å². The number of amides is 2. The minimum atomic E-state index is -0.285. The van der Waals surface area contributed by atoms with E-state index in [0.717, 1.165) is 28.6 Å². The van der Waals surface area contributed by atoms with E-state index in [2.05, 4.69) is 5.32 Å². The maximum atomic E-state index is 12.4. The Bertz CT molecular complexity index is 801. The number of benzene rings is 2. The van der Waals surface area contributed by atoms with E-state index in [1.54, 1.807) is 30.3 Å². The van der Waals surface area contributed by atoms with Crippen LogP contribution in [0.1, 0.15) is 11.1 Å². The molecule has 0 atom stereocenters. The first kappa shape index (κ1) is 16.6. The number of hydrogen-bond acceptors (Lipinski definition) is 4. The second kappa shape index (κ2) is 7.11. The van der Waals surface area contributed by atoms with Crippen LogP contribution < -0.4 is 5.32 Å². The molecule has 1 N–H and O–H groups in total. The van der Waals surface area contributed by atoms with E-state index in [9.17, 15) is 9.59 Å². The molecule has 1 heterocycles. The van der Waals surface area contributed by atoms with Gasteiger partial charge in [-0.3, -0.25) is 14.5 Å². The summed E-state index contributed by atoms with van der Waals surface area (Å²) in [6.45, 7) is 2.12. The zero-order valence-electron chi connectivity index (χ0n) is 13.0. The number of halogens is 1. The van der Waals surface area contributed by atoms with Crippen LogP contribution in [0.25, 0.3) is 6.08 Å². The first-order chi connectivity index (χ1) is 11.5. The summed E-state index contributed by atoms with van der Waals surface area (Å²) in [5, 5.41) is 3.41. The summed E-state index contributed by atoms with van der Waals surface area (Å²) in [6.07, 6.45) is 1.74. The molecule has 2 amide bonds. The topological polar surface area (TPSA) is 49.4 Å². The average Bonchev–Trinajstić information content (AvgIpc) is 2.83. The van der Waals surface area contributed by atoms with Crippen LogP contribution >= 0.6 is 23.4 Å². The van der Waals surface area contributed by atoms with Crippen molar-refractivity contribution >= 4 is 46.3 Å². The Hall–Kier alpha value is -2.24. The molecule has 122 valence electrons. The smallest absolute Gasteiger partial charge is 0.295 e. The lowest BCUT2D eigenvalue weighted by molar-refractivity contribution is -0.122. The molecule has 4 nitrogen and oxygen atoms in total. The number of thioether (sulfide) groups is 1. The highest BCUT2D eigenvalue weighted by atomic mass is 35.5. The van der Waals surface area contributed by atoms with E-state index in [4.69, 9.17) is 11.6 Å². The van der Waals surface area contributed by atoms with Gasteiger partial charge in [0.2, 0.25) is 0 Å². The summed E-state index contributed by atoms with van der Waals surface area (Å²) in [5.41, 5.74) is 2.84. The Morgan fingerprint density at radius 1 is 1.08 bits per heavy atom. The van der Waals surface area contributed by atoms with Gasteiger partial charge in [0, 0.05) is 10.7 Å². The van der Waals surface area contributed by atoms with E-state index < -0.39 is 0 Å². The monoisotopic (exact) mass is 358 g/mol. The summed E-state index contributed by atoms with van der Waals surface area (Å²) >= 11 is 6.79. The van der Waals surface area contributed by atoms with Crippen molar-refractivity contribution in [3.05, 3.63) is 69.6 Å². The molecule has 2 aromatic rings. The number of nitrogens with zero attached hydrogens (tertiary/aromatic N) is 1. The van der Waals surface area contributed by atoms with Crippen LogP contribution in [0.15, 0.2) is 53.4 Å². The van der Waals surface area contributed by atoms with Gasteiger partial charge in [-0.2, -0.15) is 0 Å². The molecule has 24 heavy (non-hydrogen) atoms. The quantitative estimate of drug-likeness (QED) is 0.801. The molecular formula is C18H15ClN2O2S. The van der Waals surface area contributed by atoms with Crippen LogP contribution in [0.3, 0.4) is 0 Å². The maximum Gasteiger partial charge on any atom is 0.295 e. The predicted molar refractivity (Wildman–Crippen MR) is 98.9 cm³/mol. The third kappa shape index (κ3) is 3.80. The van der Waals surface area contributed by atoms with Crippen molar-refractivity contribution in [2.45, 2.75) is 6.92 Å². The number of carbonyl (C=O) groups excluding carboxylic acids is 2. The Morgan fingerprint density at radius 3 is 2.42 bits per heavy atom. The number of anilines is 1. The number of rotatable bonds is 4. The van der Waals surface area contributed by atoms with Gasteiger partial charge in [0.25, 0.3) is 11.1 Å². The summed E-state index contributed by atoms with van der Waals surface area (Å²) in [6, 6.07) is 14.9. The van der Waals surface area contributed by atoms with Gasteiger partial charge >= 0.3 is 0 Å². The van der Waals surface area contributed by atoms with Gasteiger partial charge in [-0.25, -0.2) is 0 Å². The van der Waals surface area contributed by atoms with Crippen LogP contribution in [0.2, 0.25) is 5.02 Å². The molecule has 6 heteroatoms. The van der Waals surface area contributed by atoms with Gasteiger partial charge in [-0.15, -0.1) is 0 Å². The molecule has 0 aliphatic carbocycles. The van der Waals surface area contributed by atoms with Crippen LogP contribution in [-0.4, -0.2) is 22.7 Å². The molecule has 0 saturated carbocycles. The Balaban J connectivity index is 1.69. The third-order valence-electron chi connectivity index (χ3n) is 3.53. The second-order valence-electron chi connectivity index (χ2n) is 5.36. The third-order valence-corrected chi connectivity index (χ3v) is 4.69. The Kier molecular flexibility index (Phi) is 4.92. The van der Waals surface area contributed by atoms with Crippen molar-refractivity contribution in [2.24, 2.45) is 0 Å². The average molecular weight is 359 g/mol. The lowest BCUT2D eigenvalue weighted by Crippen LogP contribution is -2.33. The summed E-state index contributed by atoms with van der Waals surface area (Å²) < 4.78 is 0. The highest BCUT2D eigenvalue weighted by molar-refractivity contribution is 8.18. The summed E-state index contributed by atoms with van der Waals surface area (Å²) in [5.74, 6) is -0.285. The zero-order chi connectivity index (χ0) is 17.1. The molecule has 1 aliphatic rings. The molecule has 0 radical (unpaired) electrons. The highest BCUT2D eigenvalue weighted by Crippen LogP contribution is 2.32. The molecule has 0 unspecified atom stereocenters. The number of nitrogens with one attached hydrogen (secondary N) is 1. The Labute approximate surface area is 149 Å². The molecular weight excluding hydrogens is 344 g/mol. The SMILES string of the molecule is Cc1ccc(/C=C2\SC(=O)N(CNc3ccc(Cl)cc3)C2=O)cc1. The van der Waals surface area contributed by atoms with Crippen LogP contribution in [0.4, 0.5) is 10.5 Å². The second-order valence-corrected chi connectivity index (χ2v) is 6.79. The van der Waals surface area contributed by atoms with E-state index in [-0.39, 0.29) is 17.8 Å². The van der Waals surface area contributed by atoms with Crippen LogP contribution in [-0.2, 0) is 4.79 Å². The molecule has 0 spiro atoms. The number of hydrogen-bond donors (Lipinski definition) is 1. The molecule has 1 aliphatic heterocycles. The fourth-order valence-electron chi connectivity index (χ4n) is 2.19. The molecule has 3 rings (SSSR count). The summed E-state index contributed by atoms with van der Waals surface area (Å²) in [4.78, 5) is 26.1. The first-order valence-electron chi connectivity index (χ1n) is 7.34. The lowest BCUT2D eigenvalue weighted by Gasteiger charge is -2.14. The number of carbonyl (C=O) groups is 2. The van der Waals surface area contributed by atoms with Gasteiger partial charge in [0.1, 0.15) is 0 Å². The van der Waals surface area contributed by atoms with Gasteiger partial charge in [-0.1, -0.05) is 41.4 Å². The van der Waals surface area contributed by atoms with Crippen molar-refractivity contribution in [2.75, 3.05) is 12.0 Å². The molecule has 2 aromatic carbocycles. The number of imide groups is 1. The zero-order valence-corrected chi connectivity index (χ0v) is 14.5. The molecule has 1 saturated heterocycles. The van der Waals surface area contributed by atoms with Crippen molar-refractivity contribution in [3.8, 4) is 0 Å².